The zero-order valence-corrected chi connectivity index (χ0v) is 14.9. The predicted molar refractivity (Wildman–Crippen MR) is 90.7 cm³/mol. The van der Waals surface area contributed by atoms with Crippen molar-refractivity contribution in [3.63, 3.8) is 0 Å². The minimum atomic E-state index is -3.48. The summed E-state index contributed by atoms with van der Waals surface area (Å²) in [4.78, 5) is 0. The van der Waals surface area contributed by atoms with Crippen LogP contribution in [0.5, 0.6) is 0 Å². The summed E-state index contributed by atoms with van der Waals surface area (Å²) in [7, 11) is -1.93. The molecule has 1 aromatic carbocycles. The van der Waals surface area contributed by atoms with Gasteiger partial charge in [0.05, 0.1) is 0 Å². The number of rotatable bonds is 8. The Labute approximate surface area is 139 Å². The minimum absolute atomic E-state index is 0.125. The third-order valence-corrected chi connectivity index (χ3v) is 6.29. The molecule has 2 unspecified atom stereocenters. The molecule has 0 fully saturated rings. The van der Waals surface area contributed by atoms with Crippen molar-refractivity contribution in [1.82, 2.24) is 4.72 Å². The molecule has 23 heavy (non-hydrogen) atoms. The molecule has 0 aromatic heterocycles. The third kappa shape index (κ3) is 4.32. The van der Waals surface area contributed by atoms with Crippen LogP contribution in [0.25, 0.3) is 0 Å². The average molecular weight is 341 g/mol. The Balaban J connectivity index is 2.09. The van der Waals surface area contributed by atoms with E-state index in [9.17, 15) is 8.42 Å². The molecular weight excluding hydrogens is 314 g/mol. The Morgan fingerprint density at radius 2 is 2.04 bits per heavy atom. The van der Waals surface area contributed by atoms with E-state index >= 15 is 0 Å². The Kier molecular flexibility index (Phi) is 5.84. The first kappa shape index (κ1) is 18.4. The number of hydrogen-bond donors (Lipinski definition) is 2. The molecule has 0 amide bonds. The highest BCUT2D eigenvalue weighted by Crippen LogP contribution is 2.37. The van der Waals surface area contributed by atoms with Gasteiger partial charge in [-0.3, -0.25) is 0 Å². The molecule has 5 nitrogen and oxygen atoms in total. The second-order valence-electron chi connectivity index (χ2n) is 6.96. The summed E-state index contributed by atoms with van der Waals surface area (Å²) in [6.07, 6.45) is 1.49. The lowest BCUT2D eigenvalue weighted by molar-refractivity contribution is 0.107. The van der Waals surface area contributed by atoms with Crippen LogP contribution in [-0.4, -0.2) is 39.0 Å². The quantitative estimate of drug-likeness (QED) is 0.758. The fourth-order valence-electron chi connectivity index (χ4n) is 3.12. The molecule has 0 bridgehead atoms. The summed E-state index contributed by atoms with van der Waals surface area (Å²) in [5, 5.41) is 8.34. The van der Waals surface area contributed by atoms with Gasteiger partial charge in [-0.2, -0.15) is 0 Å². The van der Waals surface area contributed by atoms with Crippen LogP contribution in [0, 0.1) is 5.41 Å². The van der Waals surface area contributed by atoms with Crippen LogP contribution in [0.15, 0.2) is 24.3 Å². The summed E-state index contributed by atoms with van der Waals surface area (Å²) in [5.74, 6) is 0. The molecule has 0 heterocycles. The Hall–Kier alpha value is -0.950. The molecular formula is C17H27NO4S. The maximum absolute atomic E-state index is 12.8. The van der Waals surface area contributed by atoms with Crippen LogP contribution in [0.1, 0.15) is 43.9 Å². The number of nitrogens with one attached hydrogen (secondary N) is 1. The summed E-state index contributed by atoms with van der Waals surface area (Å²) in [5.41, 5.74) is 1.81. The Bertz CT molecular complexity index is 627. The van der Waals surface area contributed by atoms with Gasteiger partial charge in [-0.05, 0) is 35.8 Å². The Morgan fingerprint density at radius 3 is 2.70 bits per heavy atom. The van der Waals surface area contributed by atoms with Crippen LogP contribution in [0.4, 0.5) is 0 Å². The van der Waals surface area contributed by atoms with E-state index in [1.54, 1.807) is 7.11 Å². The molecule has 130 valence electrons. The lowest BCUT2D eigenvalue weighted by Crippen LogP contribution is -2.41. The highest BCUT2D eigenvalue weighted by atomic mass is 32.2. The number of hydrogen-bond acceptors (Lipinski definition) is 4. The summed E-state index contributed by atoms with van der Waals surface area (Å²) in [6, 6.07) is 7.73. The summed E-state index contributed by atoms with van der Waals surface area (Å²) in [6.45, 7) is 4.49. The van der Waals surface area contributed by atoms with Gasteiger partial charge < -0.3 is 9.84 Å². The van der Waals surface area contributed by atoms with E-state index in [0.29, 0.717) is 19.4 Å². The van der Waals surface area contributed by atoms with Crippen LogP contribution in [0.3, 0.4) is 0 Å². The largest absolute Gasteiger partial charge is 0.396 e. The molecule has 2 atom stereocenters. The maximum atomic E-state index is 12.8. The molecule has 0 aliphatic heterocycles. The fraction of sp³-hybridized carbons (Fsp3) is 0.647. The van der Waals surface area contributed by atoms with Gasteiger partial charge in [0.2, 0.25) is 10.0 Å². The van der Waals surface area contributed by atoms with Crippen LogP contribution >= 0.6 is 0 Å². The van der Waals surface area contributed by atoms with E-state index in [1.165, 1.54) is 0 Å². The first-order valence-electron chi connectivity index (χ1n) is 8.01. The first-order valence-corrected chi connectivity index (χ1v) is 9.55. The molecule has 6 heteroatoms. The third-order valence-electron chi connectivity index (χ3n) is 4.54. The number of aliphatic hydroxyl groups is 1. The zero-order valence-electron chi connectivity index (χ0n) is 14.1. The second-order valence-corrected chi connectivity index (χ2v) is 8.94. The van der Waals surface area contributed by atoms with Crippen molar-refractivity contribution in [2.24, 2.45) is 5.41 Å². The lowest BCUT2D eigenvalue weighted by atomic mass is 9.88. The number of sulfonamides is 1. The monoisotopic (exact) mass is 341 g/mol. The molecule has 1 aromatic rings. The van der Waals surface area contributed by atoms with Crippen molar-refractivity contribution in [2.75, 3.05) is 20.3 Å². The van der Waals surface area contributed by atoms with Gasteiger partial charge in [-0.25, -0.2) is 13.1 Å². The van der Waals surface area contributed by atoms with E-state index in [0.717, 1.165) is 17.5 Å². The SMILES string of the molecule is COC1c2ccccc2CC1S(=O)(=O)NCC(C)(C)CCCO. The predicted octanol–water partition coefficient (Wildman–Crippen LogP) is 2.02. The fourth-order valence-corrected chi connectivity index (χ4v) is 4.91. The lowest BCUT2D eigenvalue weighted by Gasteiger charge is -2.27. The van der Waals surface area contributed by atoms with Gasteiger partial charge in [0.15, 0.2) is 0 Å². The molecule has 1 aliphatic rings. The molecule has 0 spiro atoms. The van der Waals surface area contributed by atoms with Gasteiger partial charge in [-0.1, -0.05) is 38.1 Å². The molecule has 2 N–H and O–H groups in total. The first-order chi connectivity index (χ1) is 10.8. The van der Waals surface area contributed by atoms with Crippen molar-refractivity contribution in [1.29, 1.82) is 0 Å². The van der Waals surface area contributed by atoms with Gasteiger partial charge in [0.25, 0.3) is 0 Å². The molecule has 0 saturated heterocycles. The molecule has 1 aliphatic carbocycles. The van der Waals surface area contributed by atoms with Crippen molar-refractivity contribution in [2.45, 2.75) is 44.5 Å². The van der Waals surface area contributed by atoms with E-state index in [4.69, 9.17) is 9.84 Å². The number of fused-ring (bicyclic) bond motifs is 1. The maximum Gasteiger partial charge on any atom is 0.217 e. The molecule has 0 radical (unpaired) electrons. The minimum Gasteiger partial charge on any atom is -0.396 e. The number of aliphatic hydroxyl groups excluding tert-OH is 1. The normalized spacial score (nSPS) is 21.4. The average Bonchev–Trinajstić information content (AvgIpc) is 2.91. The second kappa shape index (κ2) is 7.30. The van der Waals surface area contributed by atoms with E-state index in [-0.39, 0.29) is 12.0 Å². The zero-order chi connectivity index (χ0) is 17.1. The topological polar surface area (TPSA) is 75.6 Å². The number of ether oxygens (including phenoxy) is 1. The van der Waals surface area contributed by atoms with Gasteiger partial charge in [0, 0.05) is 20.3 Å². The highest BCUT2D eigenvalue weighted by Gasteiger charge is 2.41. The van der Waals surface area contributed by atoms with Gasteiger partial charge >= 0.3 is 0 Å². The van der Waals surface area contributed by atoms with Crippen LogP contribution in [0.2, 0.25) is 0 Å². The van der Waals surface area contributed by atoms with Crippen molar-refractivity contribution in [3.05, 3.63) is 35.4 Å². The van der Waals surface area contributed by atoms with E-state index in [1.807, 2.05) is 38.1 Å². The van der Waals surface area contributed by atoms with Gasteiger partial charge in [-0.15, -0.1) is 0 Å². The summed E-state index contributed by atoms with van der Waals surface area (Å²) >= 11 is 0. The van der Waals surface area contributed by atoms with Crippen LogP contribution < -0.4 is 4.72 Å². The number of methoxy groups -OCH3 is 1. The summed E-state index contributed by atoms with van der Waals surface area (Å²) < 4.78 is 33.7. The standard InChI is InChI=1S/C17H27NO4S/c1-17(2,9-6-10-19)12-18-23(20,21)15-11-13-7-4-5-8-14(13)16(15)22-3/h4-5,7-8,15-16,18-19H,6,9-12H2,1-3H3. The van der Waals surface area contributed by atoms with Crippen molar-refractivity contribution >= 4 is 10.0 Å². The van der Waals surface area contributed by atoms with Gasteiger partial charge in [0.1, 0.15) is 11.4 Å². The van der Waals surface area contributed by atoms with Crippen molar-refractivity contribution in [3.8, 4) is 0 Å². The van der Waals surface area contributed by atoms with E-state index in [2.05, 4.69) is 4.72 Å². The van der Waals surface area contributed by atoms with Crippen LogP contribution in [-0.2, 0) is 21.2 Å². The Morgan fingerprint density at radius 1 is 1.35 bits per heavy atom. The molecule has 0 saturated carbocycles. The van der Waals surface area contributed by atoms with E-state index < -0.39 is 21.4 Å². The smallest absolute Gasteiger partial charge is 0.217 e. The number of benzene rings is 1. The highest BCUT2D eigenvalue weighted by molar-refractivity contribution is 7.90. The molecule has 2 rings (SSSR count). The van der Waals surface area contributed by atoms with Crippen molar-refractivity contribution < 1.29 is 18.3 Å².